The van der Waals surface area contributed by atoms with Crippen molar-refractivity contribution in [3.05, 3.63) is 58.0 Å². The van der Waals surface area contributed by atoms with Crippen LogP contribution in [0.3, 0.4) is 0 Å². The highest BCUT2D eigenvalue weighted by Gasteiger charge is 1.98. The normalized spacial score (nSPS) is 10.3. The summed E-state index contributed by atoms with van der Waals surface area (Å²) in [7, 11) is 0. The monoisotopic (exact) mass is 341 g/mol. The molecule has 0 aromatic heterocycles. The molecule has 0 unspecified atom stereocenters. The lowest BCUT2D eigenvalue weighted by atomic mass is 10.3. The lowest BCUT2D eigenvalue weighted by Gasteiger charge is -2.07. The van der Waals surface area contributed by atoms with E-state index in [2.05, 4.69) is 45.5 Å². The van der Waals surface area contributed by atoms with E-state index < -0.39 is 0 Å². The summed E-state index contributed by atoms with van der Waals surface area (Å²) in [5, 5.41) is 4.11. The van der Waals surface area contributed by atoms with Crippen molar-refractivity contribution in [3.8, 4) is 0 Å². The van der Waals surface area contributed by atoms with Gasteiger partial charge in [-0.3, -0.25) is 0 Å². The van der Waals surface area contributed by atoms with Crippen LogP contribution in [-0.2, 0) is 0 Å². The minimum atomic E-state index is 0.735. The third-order valence-electron chi connectivity index (χ3n) is 2.36. The van der Waals surface area contributed by atoms with Gasteiger partial charge in [0, 0.05) is 27.4 Å². The van der Waals surface area contributed by atoms with E-state index >= 15 is 0 Å². The van der Waals surface area contributed by atoms with Gasteiger partial charge < -0.3 is 5.32 Å². The maximum atomic E-state index is 5.94. The van der Waals surface area contributed by atoms with Crippen molar-refractivity contribution in [1.29, 1.82) is 0 Å². The van der Waals surface area contributed by atoms with Crippen LogP contribution < -0.4 is 5.32 Å². The second-order valence-electron chi connectivity index (χ2n) is 3.72. The minimum absolute atomic E-state index is 0.735. The maximum absolute atomic E-state index is 5.94. The quantitative estimate of drug-likeness (QED) is 0.584. The summed E-state index contributed by atoms with van der Waals surface area (Å²) in [5.74, 6) is 1.03. The van der Waals surface area contributed by atoms with Gasteiger partial charge in [0.25, 0.3) is 0 Å². The van der Waals surface area contributed by atoms with Crippen LogP contribution in [0.1, 0.15) is 0 Å². The highest BCUT2D eigenvalue weighted by molar-refractivity contribution is 9.10. The molecule has 94 valence electrons. The zero-order valence-corrected chi connectivity index (χ0v) is 12.9. The van der Waals surface area contributed by atoms with Gasteiger partial charge in [-0.15, -0.1) is 11.8 Å². The molecule has 18 heavy (non-hydrogen) atoms. The molecule has 2 rings (SSSR count). The Hall–Kier alpha value is -0.640. The number of hydrogen-bond acceptors (Lipinski definition) is 2. The summed E-state index contributed by atoms with van der Waals surface area (Å²) in [6.07, 6.45) is 0. The van der Waals surface area contributed by atoms with Gasteiger partial charge in [-0.05, 0) is 46.3 Å². The molecule has 0 aliphatic carbocycles. The molecule has 0 saturated heterocycles. The average Bonchev–Trinajstić information content (AvgIpc) is 2.40. The molecule has 0 saturated carbocycles. The smallest absolute Gasteiger partial charge is 0.0549 e. The van der Waals surface area contributed by atoms with Gasteiger partial charge in [-0.2, -0.15) is 0 Å². The molecule has 1 N–H and O–H groups in total. The molecule has 0 bridgehead atoms. The number of nitrogens with one attached hydrogen (secondary N) is 1. The number of benzene rings is 2. The first-order valence-electron chi connectivity index (χ1n) is 5.62. The van der Waals surface area contributed by atoms with Gasteiger partial charge in [-0.25, -0.2) is 0 Å². The predicted molar refractivity (Wildman–Crippen MR) is 84.8 cm³/mol. The van der Waals surface area contributed by atoms with E-state index in [1.165, 1.54) is 4.90 Å². The first-order valence-corrected chi connectivity index (χ1v) is 7.78. The Morgan fingerprint density at radius 2 is 1.89 bits per heavy atom. The third kappa shape index (κ3) is 4.23. The molecular formula is C14H13BrClNS. The van der Waals surface area contributed by atoms with Gasteiger partial charge in [0.2, 0.25) is 0 Å². The summed E-state index contributed by atoms with van der Waals surface area (Å²) in [6, 6.07) is 16.3. The van der Waals surface area contributed by atoms with Gasteiger partial charge in [-0.1, -0.05) is 29.8 Å². The Bertz CT molecular complexity index is 504. The largest absolute Gasteiger partial charge is 0.384 e. The molecule has 4 heteroatoms. The molecule has 0 heterocycles. The first-order chi connectivity index (χ1) is 8.75. The number of thioether (sulfide) groups is 1. The molecule has 1 nitrogen and oxygen atoms in total. The molecule has 0 fully saturated rings. The Morgan fingerprint density at radius 3 is 2.61 bits per heavy atom. The molecule has 0 spiro atoms. The molecule has 2 aromatic carbocycles. The van der Waals surface area contributed by atoms with Gasteiger partial charge >= 0.3 is 0 Å². The molecule has 0 atom stereocenters. The topological polar surface area (TPSA) is 12.0 Å². The highest BCUT2D eigenvalue weighted by Crippen LogP contribution is 2.25. The molecule has 0 aliphatic heterocycles. The van der Waals surface area contributed by atoms with Crippen molar-refractivity contribution in [2.45, 2.75) is 4.90 Å². The summed E-state index contributed by atoms with van der Waals surface area (Å²) in [6.45, 7) is 0.924. The first kappa shape index (κ1) is 13.8. The Morgan fingerprint density at radius 1 is 1.11 bits per heavy atom. The maximum Gasteiger partial charge on any atom is 0.0549 e. The number of halogens is 2. The van der Waals surface area contributed by atoms with Crippen LogP contribution in [0.5, 0.6) is 0 Å². The van der Waals surface area contributed by atoms with Crippen LogP contribution in [0.25, 0.3) is 0 Å². The van der Waals surface area contributed by atoms with Gasteiger partial charge in [0.15, 0.2) is 0 Å². The SMILES string of the molecule is Clc1ccc(NCCSc2ccccc2)cc1Br. The van der Waals surface area contributed by atoms with Crippen LogP contribution in [-0.4, -0.2) is 12.3 Å². The highest BCUT2D eigenvalue weighted by atomic mass is 79.9. The average molecular weight is 343 g/mol. The summed E-state index contributed by atoms with van der Waals surface area (Å²) in [4.78, 5) is 1.30. The van der Waals surface area contributed by atoms with Crippen LogP contribution in [0.4, 0.5) is 5.69 Å². The van der Waals surface area contributed by atoms with Crippen molar-refractivity contribution < 1.29 is 0 Å². The zero-order chi connectivity index (χ0) is 12.8. The Labute approximate surface area is 125 Å². The van der Waals surface area contributed by atoms with Crippen molar-refractivity contribution in [2.75, 3.05) is 17.6 Å². The zero-order valence-electron chi connectivity index (χ0n) is 9.70. The third-order valence-corrected chi connectivity index (χ3v) is 4.59. The molecule has 0 radical (unpaired) electrons. The van der Waals surface area contributed by atoms with E-state index in [4.69, 9.17) is 11.6 Å². The number of hydrogen-bond donors (Lipinski definition) is 1. The number of anilines is 1. The molecule has 0 amide bonds. The van der Waals surface area contributed by atoms with Crippen molar-refractivity contribution >= 4 is 45.0 Å². The van der Waals surface area contributed by atoms with Crippen LogP contribution in [0.2, 0.25) is 5.02 Å². The minimum Gasteiger partial charge on any atom is -0.384 e. The van der Waals surface area contributed by atoms with Crippen molar-refractivity contribution in [1.82, 2.24) is 0 Å². The second-order valence-corrected chi connectivity index (χ2v) is 6.15. The van der Waals surface area contributed by atoms with E-state index in [0.29, 0.717) is 0 Å². The summed E-state index contributed by atoms with van der Waals surface area (Å²) in [5.41, 5.74) is 1.08. The molecular weight excluding hydrogens is 330 g/mol. The van der Waals surface area contributed by atoms with Crippen molar-refractivity contribution in [3.63, 3.8) is 0 Å². The van der Waals surface area contributed by atoms with Gasteiger partial charge in [0.05, 0.1) is 5.02 Å². The Kier molecular flexibility index (Phi) is 5.42. The standard InChI is InChI=1S/C14H13BrClNS/c15-13-10-11(6-7-14(13)16)17-8-9-18-12-4-2-1-3-5-12/h1-7,10,17H,8-9H2. The lowest BCUT2D eigenvalue weighted by molar-refractivity contribution is 1.22. The second kappa shape index (κ2) is 7.07. The van der Waals surface area contributed by atoms with Gasteiger partial charge in [0.1, 0.15) is 0 Å². The summed E-state index contributed by atoms with van der Waals surface area (Å²) >= 11 is 11.2. The molecule has 2 aromatic rings. The Balaban J connectivity index is 1.77. The van der Waals surface area contributed by atoms with Crippen LogP contribution >= 0.6 is 39.3 Å². The fourth-order valence-electron chi connectivity index (χ4n) is 1.49. The van der Waals surface area contributed by atoms with E-state index in [0.717, 1.165) is 27.5 Å². The van der Waals surface area contributed by atoms with E-state index in [9.17, 15) is 0 Å². The predicted octanol–water partition coefficient (Wildman–Crippen LogP) is 5.31. The molecule has 0 aliphatic rings. The van der Waals surface area contributed by atoms with E-state index in [1.54, 1.807) is 0 Å². The van der Waals surface area contributed by atoms with Crippen LogP contribution in [0.15, 0.2) is 57.9 Å². The fourth-order valence-corrected chi connectivity index (χ4v) is 2.77. The lowest BCUT2D eigenvalue weighted by Crippen LogP contribution is -2.03. The fraction of sp³-hybridized carbons (Fsp3) is 0.143. The van der Waals surface area contributed by atoms with Crippen LogP contribution in [0, 0.1) is 0 Å². The summed E-state index contributed by atoms with van der Waals surface area (Å²) < 4.78 is 0.921. The van der Waals surface area contributed by atoms with Crippen molar-refractivity contribution in [2.24, 2.45) is 0 Å². The number of rotatable bonds is 5. The van der Waals surface area contributed by atoms with E-state index in [-0.39, 0.29) is 0 Å². The van der Waals surface area contributed by atoms with E-state index in [1.807, 2.05) is 36.0 Å².